The Hall–Kier alpha value is -3.82. The molecular weight excluding hydrogens is 462 g/mol. The van der Waals surface area contributed by atoms with Gasteiger partial charge >= 0.3 is 5.97 Å². The molecule has 10 heteroatoms. The van der Waals surface area contributed by atoms with Gasteiger partial charge in [0.1, 0.15) is 29.4 Å². The summed E-state index contributed by atoms with van der Waals surface area (Å²) in [5.74, 6) is 0.249. The van der Waals surface area contributed by atoms with Gasteiger partial charge < -0.3 is 29.1 Å². The summed E-state index contributed by atoms with van der Waals surface area (Å²) in [6.45, 7) is 1.21. The van der Waals surface area contributed by atoms with E-state index in [4.69, 9.17) is 35.3 Å². The number of hydrogen-bond acceptors (Lipinski definition) is 8. The topological polar surface area (TPSA) is 116 Å². The molecule has 0 radical (unpaired) electrons. The molecule has 2 N–H and O–H groups in total. The van der Waals surface area contributed by atoms with Crippen molar-refractivity contribution in [3.63, 3.8) is 0 Å². The molecule has 9 nitrogen and oxygen atoms in total. The van der Waals surface area contributed by atoms with Crippen molar-refractivity contribution in [1.29, 1.82) is 0 Å². The standard InChI is InChI=1S/C24H20ClN3O6/c25-18-5-3-14(10-22(18)32-13-17-2-1-9-31-17)27-24-28-19-11-15(4-6-21(19)34-24)33-16-7-8-26-20(12-16)23(29)30/h3-8,10-12,17H,1-2,9,13H2,(H,27,28)(H,29,30). The number of hydrogen-bond donors (Lipinski definition) is 2. The fourth-order valence-electron chi connectivity index (χ4n) is 3.53. The van der Waals surface area contributed by atoms with Crippen LogP contribution in [-0.4, -0.2) is 40.4 Å². The quantitative estimate of drug-likeness (QED) is 0.328. The number of carboxylic acids is 1. The Bertz CT molecular complexity index is 1340. The van der Waals surface area contributed by atoms with Crippen LogP contribution in [0.15, 0.2) is 59.1 Å². The molecule has 0 amide bonds. The van der Waals surface area contributed by atoms with Crippen LogP contribution in [0.2, 0.25) is 5.02 Å². The van der Waals surface area contributed by atoms with Crippen LogP contribution < -0.4 is 14.8 Å². The number of nitrogens with zero attached hydrogens (tertiary/aromatic N) is 2. The van der Waals surface area contributed by atoms with Crippen molar-refractivity contribution in [3.8, 4) is 17.2 Å². The number of aromatic carboxylic acids is 1. The van der Waals surface area contributed by atoms with Crippen molar-refractivity contribution < 1.29 is 28.5 Å². The predicted octanol–water partition coefficient (Wildman–Crippen LogP) is 5.67. The van der Waals surface area contributed by atoms with E-state index in [0.717, 1.165) is 19.4 Å². The molecule has 174 valence electrons. The number of carboxylic acid groups (broad SMARTS) is 1. The van der Waals surface area contributed by atoms with E-state index in [0.29, 0.717) is 45.7 Å². The van der Waals surface area contributed by atoms with Crippen LogP contribution >= 0.6 is 11.6 Å². The molecule has 0 saturated carbocycles. The van der Waals surface area contributed by atoms with Crippen LogP contribution in [0.5, 0.6) is 17.2 Å². The number of aromatic nitrogens is 2. The Morgan fingerprint density at radius 1 is 1.18 bits per heavy atom. The van der Waals surface area contributed by atoms with Crippen LogP contribution in [0.1, 0.15) is 23.3 Å². The van der Waals surface area contributed by atoms with E-state index in [1.165, 1.54) is 12.3 Å². The third-order valence-electron chi connectivity index (χ3n) is 5.18. The summed E-state index contributed by atoms with van der Waals surface area (Å²) < 4.78 is 23.0. The fraction of sp³-hybridized carbons (Fsp3) is 0.208. The highest BCUT2D eigenvalue weighted by Crippen LogP contribution is 2.32. The maximum atomic E-state index is 11.1. The minimum Gasteiger partial charge on any atom is -0.489 e. The molecule has 4 aromatic rings. The number of rotatable bonds is 8. The molecule has 1 saturated heterocycles. The maximum Gasteiger partial charge on any atom is 0.354 e. The van der Waals surface area contributed by atoms with E-state index in [9.17, 15) is 4.79 Å². The first kappa shape index (κ1) is 22.0. The fourth-order valence-corrected chi connectivity index (χ4v) is 3.70. The number of carbonyl (C=O) groups is 1. The van der Waals surface area contributed by atoms with Crippen molar-refractivity contribution in [1.82, 2.24) is 9.97 Å². The second-order valence-corrected chi connectivity index (χ2v) is 8.06. The molecule has 0 bridgehead atoms. The zero-order valence-corrected chi connectivity index (χ0v) is 18.6. The Balaban J connectivity index is 1.29. The van der Waals surface area contributed by atoms with E-state index in [1.54, 1.807) is 42.5 Å². The summed E-state index contributed by atoms with van der Waals surface area (Å²) in [7, 11) is 0. The first-order chi connectivity index (χ1) is 16.5. The number of oxazole rings is 1. The Kier molecular flexibility index (Phi) is 6.20. The normalized spacial score (nSPS) is 15.4. The molecule has 0 spiro atoms. The molecular formula is C24H20ClN3O6. The lowest BCUT2D eigenvalue weighted by molar-refractivity contribution is 0.0680. The maximum absolute atomic E-state index is 11.1. The molecule has 1 aliphatic rings. The second-order valence-electron chi connectivity index (χ2n) is 7.65. The van der Waals surface area contributed by atoms with Gasteiger partial charge in [0, 0.05) is 36.7 Å². The lowest BCUT2D eigenvalue weighted by Gasteiger charge is -2.13. The minimum atomic E-state index is -1.13. The summed E-state index contributed by atoms with van der Waals surface area (Å²) in [6, 6.07) is 13.7. The van der Waals surface area contributed by atoms with Crippen molar-refractivity contribution in [3.05, 3.63) is 65.4 Å². The molecule has 3 heterocycles. The lowest BCUT2D eigenvalue weighted by atomic mass is 10.2. The Morgan fingerprint density at radius 2 is 2.06 bits per heavy atom. The van der Waals surface area contributed by atoms with Crippen molar-refractivity contribution in [2.75, 3.05) is 18.5 Å². The van der Waals surface area contributed by atoms with Crippen molar-refractivity contribution in [2.24, 2.45) is 0 Å². The number of halogens is 1. The summed E-state index contributed by atoms with van der Waals surface area (Å²) >= 11 is 6.28. The monoisotopic (exact) mass is 481 g/mol. The number of nitrogens with one attached hydrogen (secondary N) is 1. The van der Waals surface area contributed by atoms with Gasteiger partial charge in [-0.05, 0) is 43.2 Å². The van der Waals surface area contributed by atoms with Crippen LogP contribution in [0.4, 0.5) is 11.7 Å². The van der Waals surface area contributed by atoms with Gasteiger partial charge in [0.05, 0.1) is 11.1 Å². The van der Waals surface area contributed by atoms with Gasteiger partial charge in [-0.1, -0.05) is 11.6 Å². The predicted molar refractivity (Wildman–Crippen MR) is 124 cm³/mol. The number of anilines is 2. The van der Waals surface area contributed by atoms with E-state index in [-0.39, 0.29) is 17.8 Å². The largest absolute Gasteiger partial charge is 0.489 e. The van der Waals surface area contributed by atoms with Crippen LogP contribution in [-0.2, 0) is 4.74 Å². The number of fused-ring (bicyclic) bond motifs is 1. The third kappa shape index (κ3) is 5.05. The summed E-state index contributed by atoms with van der Waals surface area (Å²) in [5.41, 5.74) is 1.72. The van der Waals surface area contributed by atoms with Gasteiger partial charge in [-0.25, -0.2) is 9.78 Å². The van der Waals surface area contributed by atoms with Crippen molar-refractivity contribution >= 4 is 40.4 Å². The molecule has 34 heavy (non-hydrogen) atoms. The molecule has 2 aromatic heterocycles. The Morgan fingerprint density at radius 3 is 2.88 bits per heavy atom. The molecule has 1 fully saturated rings. The van der Waals surface area contributed by atoms with Crippen LogP contribution in [0.25, 0.3) is 11.1 Å². The average Bonchev–Trinajstić information content (AvgIpc) is 3.49. The molecule has 2 aromatic carbocycles. The van der Waals surface area contributed by atoms with Crippen LogP contribution in [0, 0.1) is 0 Å². The first-order valence-corrected chi connectivity index (χ1v) is 11.0. The molecule has 0 aliphatic carbocycles. The number of pyridine rings is 1. The SMILES string of the molecule is O=C(O)c1cc(Oc2ccc3oc(Nc4ccc(Cl)c(OCC5CCCO5)c4)nc3c2)ccn1. The van der Waals surface area contributed by atoms with E-state index in [1.807, 2.05) is 0 Å². The van der Waals surface area contributed by atoms with Crippen LogP contribution in [0.3, 0.4) is 0 Å². The first-order valence-electron chi connectivity index (χ1n) is 10.6. The number of benzene rings is 2. The van der Waals surface area contributed by atoms with Gasteiger partial charge in [-0.3, -0.25) is 0 Å². The van der Waals surface area contributed by atoms with Gasteiger partial charge in [0.2, 0.25) is 0 Å². The van der Waals surface area contributed by atoms with Gasteiger partial charge in [0.15, 0.2) is 11.3 Å². The zero-order valence-electron chi connectivity index (χ0n) is 17.9. The third-order valence-corrected chi connectivity index (χ3v) is 5.49. The number of ether oxygens (including phenoxy) is 3. The molecule has 1 aliphatic heterocycles. The highest BCUT2D eigenvalue weighted by atomic mass is 35.5. The minimum absolute atomic E-state index is 0.0870. The van der Waals surface area contributed by atoms with E-state index in [2.05, 4.69) is 15.3 Å². The lowest BCUT2D eigenvalue weighted by Crippen LogP contribution is -2.16. The van der Waals surface area contributed by atoms with Gasteiger partial charge in [-0.2, -0.15) is 4.98 Å². The van der Waals surface area contributed by atoms with Gasteiger partial charge in [0.25, 0.3) is 6.01 Å². The van der Waals surface area contributed by atoms with E-state index >= 15 is 0 Å². The highest BCUT2D eigenvalue weighted by molar-refractivity contribution is 6.32. The Labute approximate surface area is 199 Å². The highest BCUT2D eigenvalue weighted by Gasteiger charge is 2.17. The molecule has 5 rings (SSSR count). The van der Waals surface area contributed by atoms with Gasteiger partial charge in [-0.15, -0.1) is 0 Å². The molecule has 1 atom stereocenters. The zero-order chi connectivity index (χ0) is 23.5. The summed E-state index contributed by atoms with van der Waals surface area (Å²) in [4.78, 5) is 19.3. The molecule has 1 unspecified atom stereocenters. The summed E-state index contributed by atoms with van der Waals surface area (Å²) in [5, 5.41) is 12.7. The summed E-state index contributed by atoms with van der Waals surface area (Å²) in [6.07, 6.45) is 3.48. The second kappa shape index (κ2) is 9.58. The van der Waals surface area contributed by atoms with Crippen molar-refractivity contribution in [2.45, 2.75) is 18.9 Å². The average molecular weight is 482 g/mol. The van der Waals surface area contributed by atoms with E-state index < -0.39 is 5.97 Å². The smallest absolute Gasteiger partial charge is 0.354 e.